The van der Waals surface area contributed by atoms with Crippen molar-refractivity contribution in [3.05, 3.63) is 83.8 Å². The van der Waals surface area contributed by atoms with Gasteiger partial charge in [0.1, 0.15) is 9.09 Å². The summed E-state index contributed by atoms with van der Waals surface area (Å²) < 4.78 is 2.21. The molecule has 0 amide bonds. The van der Waals surface area contributed by atoms with Crippen molar-refractivity contribution < 1.29 is 4.92 Å². The molecule has 2 heterocycles. The van der Waals surface area contributed by atoms with Crippen LogP contribution in [0.15, 0.2) is 58.5 Å². The van der Waals surface area contributed by atoms with E-state index in [1.54, 1.807) is 16.8 Å². The number of fused-ring (bicyclic) bond motifs is 1. The van der Waals surface area contributed by atoms with Crippen LogP contribution < -0.4 is 5.56 Å². The number of nitro groups is 1. The number of para-hydroxylation sites is 1. The fraction of sp³-hybridized carbons (Fsp3) is 0.111. The van der Waals surface area contributed by atoms with Crippen molar-refractivity contribution in [3.63, 3.8) is 0 Å². The van der Waals surface area contributed by atoms with Crippen molar-refractivity contribution in [2.24, 2.45) is 0 Å². The number of H-pyrrole nitrogens is 1. The zero-order valence-corrected chi connectivity index (χ0v) is 17.8. The van der Waals surface area contributed by atoms with Crippen molar-refractivity contribution in [1.82, 2.24) is 25.0 Å². The average molecular weight is 520 g/mol. The third-order valence-corrected chi connectivity index (χ3v) is 6.21. The molecule has 0 saturated carbocycles. The molecule has 1 N–H and O–H groups in total. The number of thioether (sulfide) groups is 1. The van der Waals surface area contributed by atoms with Crippen LogP contribution in [0.4, 0.5) is 5.69 Å². The van der Waals surface area contributed by atoms with E-state index in [4.69, 9.17) is 0 Å². The summed E-state index contributed by atoms with van der Waals surface area (Å²) in [6, 6.07) is 13.9. The molecule has 2 aromatic heterocycles. The van der Waals surface area contributed by atoms with E-state index in [9.17, 15) is 14.9 Å². The van der Waals surface area contributed by atoms with Gasteiger partial charge in [0.25, 0.3) is 11.2 Å². The Morgan fingerprint density at radius 1 is 1.17 bits per heavy atom. The topological polar surface area (TPSA) is 120 Å². The largest absolute Gasteiger partial charge is 0.301 e. The van der Waals surface area contributed by atoms with Gasteiger partial charge >= 0.3 is 0 Å². The number of benzene rings is 2. The molecule has 2 aromatic carbocycles. The molecular formula is C18H13IN6O3S. The number of rotatable bonds is 6. The molecule has 0 atom stereocenters. The van der Waals surface area contributed by atoms with Crippen molar-refractivity contribution in [3.8, 4) is 0 Å². The molecule has 146 valence electrons. The van der Waals surface area contributed by atoms with E-state index in [2.05, 4.69) is 20.3 Å². The number of nitrogens with zero attached hydrogens (tertiary/aromatic N) is 5. The molecule has 11 heteroatoms. The van der Waals surface area contributed by atoms with E-state index < -0.39 is 4.92 Å². The highest BCUT2D eigenvalue weighted by molar-refractivity contribution is 14.1. The number of nitrogens with one attached hydrogen (secondary N) is 1. The molecule has 0 spiro atoms. The Morgan fingerprint density at radius 3 is 2.69 bits per heavy atom. The summed E-state index contributed by atoms with van der Waals surface area (Å²) in [6.45, 7) is 0.327. The molecule has 0 radical (unpaired) electrons. The van der Waals surface area contributed by atoms with Crippen molar-refractivity contribution in [1.29, 1.82) is 0 Å². The molecular weight excluding hydrogens is 507 g/mol. The first-order valence-corrected chi connectivity index (χ1v) is 10.5. The number of nitro benzene ring substituents is 1. The quantitative estimate of drug-likeness (QED) is 0.136. The van der Waals surface area contributed by atoms with E-state index >= 15 is 0 Å². The number of non-ortho nitro benzene ring substituents is 1. The normalized spacial score (nSPS) is 11.1. The maximum atomic E-state index is 12.3. The zero-order chi connectivity index (χ0) is 20.4. The summed E-state index contributed by atoms with van der Waals surface area (Å²) in [7, 11) is 0. The van der Waals surface area contributed by atoms with Crippen LogP contribution in [-0.2, 0) is 12.3 Å². The minimum Gasteiger partial charge on any atom is -0.301 e. The Balaban J connectivity index is 1.55. The van der Waals surface area contributed by atoms with Crippen LogP contribution in [0, 0.1) is 13.7 Å². The molecule has 0 aliphatic rings. The highest BCUT2D eigenvalue weighted by Gasteiger charge is 2.13. The number of hydrogen-bond donors (Lipinski definition) is 1. The van der Waals surface area contributed by atoms with Crippen LogP contribution in [-0.4, -0.2) is 29.9 Å². The van der Waals surface area contributed by atoms with Gasteiger partial charge in [-0.2, -0.15) is 0 Å². The molecule has 0 aliphatic heterocycles. The van der Waals surface area contributed by atoms with E-state index in [0.717, 1.165) is 16.6 Å². The van der Waals surface area contributed by atoms with Gasteiger partial charge in [-0.3, -0.25) is 14.9 Å². The maximum absolute atomic E-state index is 12.3. The summed E-state index contributed by atoms with van der Waals surface area (Å²) >= 11 is 3.33. The smallest absolute Gasteiger partial charge is 0.269 e. The zero-order valence-electron chi connectivity index (χ0n) is 14.8. The molecule has 0 bridgehead atoms. The lowest BCUT2D eigenvalue weighted by Gasteiger charge is -2.07. The summed E-state index contributed by atoms with van der Waals surface area (Å²) in [5.41, 5.74) is 2.97. The van der Waals surface area contributed by atoms with Crippen molar-refractivity contribution in [2.75, 3.05) is 0 Å². The minimum absolute atomic E-state index is 0.0434. The molecule has 4 rings (SSSR count). The van der Waals surface area contributed by atoms with Gasteiger partial charge in [-0.25, -0.2) is 9.67 Å². The minimum atomic E-state index is -0.435. The lowest BCUT2D eigenvalue weighted by molar-refractivity contribution is -0.384. The molecule has 9 nitrogen and oxygen atoms in total. The fourth-order valence-electron chi connectivity index (χ4n) is 2.70. The number of halogens is 1. The number of aromatic nitrogens is 5. The Hall–Kier alpha value is -2.80. The van der Waals surface area contributed by atoms with Crippen LogP contribution in [0.1, 0.15) is 11.3 Å². The van der Waals surface area contributed by atoms with Gasteiger partial charge in [-0.05, 0) is 40.3 Å². The fourth-order valence-corrected chi connectivity index (χ4v) is 3.96. The lowest BCUT2D eigenvalue weighted by atomic mass is 10.2. The van der Waals surface area contributed by atoms with Crippen molar-refractivity contribution in [2.45, 2.75) is 17.5 Å². The predicted molar refractivity (Wildman–Crippen MR) is 117 cm³/mol. The predicted octanol–water partition coefficient (Wildman–Crippen LogP) is 3.37. The summed E-state index contributed by atoms with van der Waals surface area (Å²) in [5.74, 6) is 0.521. The first kappa shape index (κ1) is 19.5. The van der Waals surface area contributed by atoms with Crippen LogP contribution in [0.3, 0.4) is 0 Å². The van der Waals surface area contributed by atoms with Gasteiger partial charge in [0, 0.05) is 17.9 Å². The molecule has 29 heavy (non-hydrogen) atoms. The summed E-state index contributed by atoms with van der Waals surface area (Å²) in [5, 5.41) is 19.5. The van der Waals surface area contributed by atoms with Gasteiger partial charge in [-0.15, -0.1) is 5.10 Å². The van der Waals surface area contributed by atoms with Crippen LogP contribution in [0.5, 0.6) is 0 Å². The second kappa shape index (κ2) is 8.29. The Kier molecular flexibility index (Phi) is 5.58. The number of hydrogen-bond acceptors (Lipinski definition) is 7. The molecule has 0 unspecified atom stereocenters. The van der Waals surface area contributed by atoms with E-state index in [1.807, 2.05) is 46.9 Å². The summed E-state index contributed by atoms with van der Waals surface area (Å²) in [4.78, 5) is 30.0. The summed E-state index contributed by atoms with van der Waals surface area (Å²) in [6.07, 6.45) is 0. The lowest BCUT2D eigenvalue weighted by Crippen LogP contribution is -2.18. The average Bonchev–Trinajstić information content (AvgIpc) is 3.13. The molecule has 0 aliphatic carbocycles. The highest BCUT2D eigenvalue weighted by Crippen LogP contribution is 2.22. The molecule has 4 aromatic rings. The van der Waals surface area contributed by atoms with Gasteiger partial charge in [0.15, 0.2) is 5.16 Å². The van der Waals surface area contributed by atoms with Gasteiger partial charge in [-0.1, -0.05) is 41.2 Å². The molecule has 0 fully saturated rings. The first-order chi connectivity index (χ1) is 14.0. The van der Waals surface area contributed by atoms with E-state index in [1.165, 1.54) is 23.9 Å². The second-order valence-electron chi connectivity index (χ2n) is 6.08. The SMILES string of the molecule is O=c1[nH]c(SCc2ccc([N+](=O)[O-])cc2)nc(Cn2nnc3ccccc32)c1I. The van der Waals surface area contributed by atoms with Crippen molar-refractivity contribution >= 4 is 51.1 Å². The van der Waals surface area contributed by atoms with Gasteiger partial charge < -0.3 is 4.98 Å². The Bertz CT molecular complexity index is 1250. The second-order valence-corrected chi connectivity index (χ2v) is 8.12. The van der Waals surface area contributed by atoms with E-state index in [-0.39, 0.29) is 11.2 Å². The van der Waals surface area contributed by atoms with Crippen LogP contribution in [0.2, 0.25) is 0 Å². The monoisotopic (exact) mass is 520 g/mol. The Morgan fingerprint density at radius 2 is 1.93 bits per heavy atom. The third kappa shape index (κ3) is 4.29. The standard InChI is InChI=1S/C18H13IN6O3S/c19-16-14(9-24-15-4-2-1-3-13(15)22-23-24)20-18(21-17(16)26)29-10-11-5-7-12(8-6-11)25(27)28/h1-8H,9-10H2,(H,20,21,26). The Labute approximate surface area is 181 Å². The third-order valence-electron chi connectivity index (χ3n) is 4.15. The number of aromatic amines is 1. The van der Waals surface area contributed by atoms with Crippen LogP contribution in [0.25, 0.3) is 11.0 Å². The maximum Gasteiger partial charge on any atom is 0.269 e. The van der Waals surface area contributed by atoms with E-state index in [0.29, 0.717) is 26.7 Å². The van der Waals surface area contributed by atoms with Crippen LogP contribution >= 0.6 is 34.4 Å². The molecule has 0 saturated heterocycles. The highest BCUT2D eigenvalue weighted by atomic mass is 127. The van der Waals surface area contributed by atoms with Gasteiger partial charge in [0.2, 0.25) is 0 Å². The first-order valence-electron chi connectivity index (χ1n) is 8.44. The van der Waals surface area contributed by atoms with Gasteiger partial charge in [0.05, 0.1) is 22.7 Å².